The predicted octanol–water partition coefficient (Wildman–Crippen LogP) is 2.44. The van der Waals surface area contributed by atoms with E-state index in [1.165, 1.54) is 0 Å². The van der Waals surface area contributed by atoms with Gasteiger partial charge in [-0.3, -0.25) is 9.59 Å². The number of nitrogens with one attached hydrogen (secondary N) is 2. The molecule has 2 aromatic carbocycles. The topological polar surface area (TPSA) is 96.6 Å². The van der Waals surface area contributed by atoms with Crippen molar-refractivity contribution in [2.45, 2.75) is 6.42 Å². The molecule has 1 fully saturated rings. The Morgan fingerprint density at radius 2 is 2.10 bits per heavy atom. The summed E-state index contributed by atoms with van der Waals surface area (Å²) in [6.45, 7) is 1.13. The van der Waals surface area contributed by atoms with E-state index in [2.05, 4.69) is 15.3 Å². The van der Waals surface area contributed by atoms with Crippen LogP contribution in [0.5, 0.6) is 11.5 Å². The molecule has 2 heterocycles. The van der Waals surface area contributed by atoms with E-state index in [1.807, 2.05) is 36.4 Å². The zero-order valence-electron chi connectivity index (χ0n) is 16.1. The second kappa shape index (κ2) is 8.22. The summed E-state index contributed by atoms with van der Waals surface area (Å²) in [6, 6.07) is 12.8. The molecule has 29 heavy (non-hydrogen) atoms. The van der Waals surface area contributed by atoms with Crippen molar-refractivity contribution in [2.24, 2.45) is 5.92 Å². The monoisotopic (exact) mass is 394 g/mol. The minimum atomic E-state index is -0.383. The van der Waals surface area contributed by atoms with Crippen molar-refractivity contribution in [3.8, 4) is 11.5 Å². The number of anilines is 1. The molecule has 2 N–H and O–H groups in total. The quantitative estimate of drug-likeness (QED) is 0.642. The third-order valence-electron chi connectivity index (χ3n) is 4.96. The van der Waals surface area contributed by atoms with Gasteiger partial charge in [0.1, 0.15) is 6.61 Å². The summed E-state index contributed by atoms with van der Waals surface area (Å²) in [5.41, 5.74) is 2.36. The van der Waals surface area contributed by atoms with Gasteiger partial charge in [-0.25, -0.2) is 4.98 Å². The lowest BCUT2D eigenvalue weighted by Crippen LogP contribution is -2.31. The third kappa shape index (κ3) is 4.16. The SMILES string of the molecule is COc1ccccc1OCCN1C[C@@H](C(=O)Nc2ccc3nc[nH]c3c2)CC1=O. The minimum Gasteiger partial charge on any atom is -0.493 e. The van der Waals surface area contributed by atoms with Crippen LogP contribution in [0.2, 0.25) is 0 Å². The fourth-order valence-electron chi connectivity index (χ4n) is 3.43. The number of carbonyl (C=O) groups excluding carboxylic acids is 2. The fourth-order valence-corrected chi connectivity index (χ4v) is 3.43. The highest BCUT2D eigenvalue weighted by atomic mass is 16.5. The van der Waals surface area contributed by atoms with Gasteiger partial charge >= 0.3 is 0 Å². The van der Waals surface area contributed by atoms with Crippen LogP contribution in [0.25, 0.3) is 11.0 Å². The zero-order valence-corrected chi connectivity index (χ0v) is 16.1. The minimum absolute atomic E-state index is 0.0437. The molecular formula is C21H22N4O4. The number of benzene rings is 2. The van der Waals surface area contributed by atoms with Crippen LogP contribution in [0, 0.1) is 5.92 Å². The smallest absolute Gasteiger partial charge is 0.229 e. The summed E-state index contributed by atoms with van der Waals surface area (Å²) in [4.78, 5) is 33.7. The summed E-state index contributed by atoms with van der Waals surface area (Å²) in [5, 5.41) is 2.89. The van der Waals surface area contributed by atoms with Crippen molar-refractivity contribution in [3.05, 3.63) is 48.8 Å². The van der Waals surface area contributed by atoms with Gasteiger partial charge in [-0.15, -0.1) is 0 Å². The van der Waals surface area contributed by atoms with Crippen LogP contribution in [0.4, 0.5) is 5.69 Å². The first-order valence-corrected chi connectivity index (χ1v) is 9.41. The lowest BCUT2D eigenvalue weighted by Gasteiger charge is -2.17. The highest BCUT2D eigenvalue weighted by Gasteiger charge is 2.34. The number of imidazole rings is 1. The summed E-state index contributed by atoms with van der Waals surface area (Å²) in [7, 11) is 1.58. The van der Waals surface area contributed by atoms with Gasteiger partial charge < -0.3 is 24.7 Å². The van der Waals surface area contributed by atoms with Gasteiger partial charge in [-0.05, 0) is 30.3 Å². The Bertz CT molecular complexity index is 1030. The van der Waals surface area contributed by atoms with Gasteiger partial charge in [-0.2, -0.15) is 0 Å². The van der Waals surface area contributed by atoms with E-state index in [4.69, 9.17) is 9.47 Å². The van der Waals surface area contributed by atoms with Crippen LogP contribution in [0.3, 0.4) is 0 Å². The number of H-pyrrole nitrogens is 1. The van der Waals surface area contributed by atoms with Crippen LogP contribution in [-0.4, -0.2) is 53.5 Å². The van der Waals surface area contributed by atoms with Crippen LogP contribution in [-0.2, 0) is 9.59 Å². The number of likely N-dealkylation sites (tertiary alicyclic amines) is 1. The van der Waals surface area contributed by atoms with Gasteiger partial charge in [0.05, 0.1) is 36.9 Å². The van der Waals surface area contributed by atoms with Crippen molar-refractivity contribution in [3.63, 3.8) is 0 Å². The maximum Gasteiger partial charge on any atom is 0.229 e. The number of rotatable bonds is 7. The Kier molecular flexibility index (Phi) is 5.33. The molecule has 1 saturated heterocycles. The number of para-hydroxylation sites is 2. The number of methoxy groups -OCH3 is 1. The van der Waals surface area contributed by atoms with Crippen molar-refractivity contribution in [2.75, 3.05) is 32.1 Å². The first-order chi connectivity index (χ1) is 14.1. The largest absolute Gasteiger partial charge is 0.493 e. The number of aromatic nitrogens is 2. The van der Waals surface area contributed by atoms with Crippen LogP contribution in [0.15, 0.2) is 48.8 Å². The number of ether oxygens (including phenoxy) is 2. The Morgan fingerprint density at radius 3 is 2.93 bits per heavy atom. The predicted molar refractivity (Wildman–Crippen MR) is 108 cm³/mol. The van der Waals surface area contributed by atoms with Crippen molar-refractivity contribution >= 4 is 28.5 Å². The summed E-state index contributed by atoms with van der Waals surface area (Å²) in [6.07, 6.45) is 1.81. The molecule has 150 valence electrons. The third-order valence-corrected chi connectivity index (χ3v) is 4.96. The molecule has 0 bridgehead atoms. The summed E-state index contributed by atoms with van der Waals surface area (Å²) < 4.78 is 11.0. The highest BCUT2D eigenvalue weighted by Crippen LogP contribution is 2.26. The van der Waals surface area contributed by atoms with Crippen molar-refractivity contribution < 1.29 is 19.1 Å². The molecule has 8 heteroatoms. The van der Waals surface area contributed by atoms with Gasteiger partial charge in [0.2, 0.25) is 11.8 Å². The van der Waals surface area contributed by atoms with Crippen LogP contribution < -0.4 is 14.8 Å². The lowest BCUT2D eigenvalue weighted by molar-refractivity contribution is -0.128. The van der Waals surface area contributed by atoms with Gasteiger partial charge in [0, 0.05) is 18.7 Å². The Labute approximate surface area is 167 Å². The summed E-state index contributed by atoms with van der Waals surface area (Å²) >= 11 is 0. The zero-order chi connectivity index (χ0) is 20.2. The molecule has 1 atom stereocenters. The molecule has 0 radical (unpaired) electrons. The number of nitrogens with zero attached hydrogens (tertiary/aromatic N) is 2. The molecule has 1 aliphatic heterocycles. The van der Waals surface area contributed by atoms with E-state index in [9.17, 15) is 9.59 Å². The first-order valence-electron chi connectivity index (χ1n) is 9.41. The van der Waals surface area contributed by atoms with E-state index in [0.29, 0.717) is 36.9 Å². The van der Waals surface area contributed by atoms with E-state index in [1.54, 1.807) is 24.4 Å². The maximum atomic E-state index is 12.6. The van der Waals surface area contributed by atoms with E-state index >= 15 is 0 Å². The summed E-state index contributed by atoms with van der Waals surface area (Å²) in [5.74, 6) is 0.686. The standard InChI is InChI=1S/C21H22N4O4/c1-28-18-4-2-3-5-19(18)29-9-8-25-12-14(10-20(25)26)21(27)24-15-6-7-16-17(11-15)23-13-22-16/h2-7,11,13-14H,8-10,12H2,1H3,(H,22,23)(H,24,27)/t14-/m0/s1. The number of hydrogen-bond donors (Lipinski definition) is 2. The van der Waals surface area contributed by atoms with Crippen LogP contribution in [0.1, 0.15) is 6.42 Å². The molecular weight excluding hydrogens is 372 g/mol. The lowest BCUT2D eigenvalue weighted by atomic mass is 10.1. The Morgan fingerprint density at radius 1 is 1.28 bits per heavy atom. The van der Waals surface area contributed by atoms with Crippen molar-refractivity contribution in [1.29, 1.82) is 0 Å². The molecule has 8 nitrogen and oxygen atoms in total. The molecule has 3 aromatic rings. The van der Waals surface area contributed by atoms with Gasteiger partial charge in [0.25, 0.3) is 0 Å². The highest BCUT2D eigenvalue weighted by molar-refractivity contribution is 5.98. The second-order valence-electron chi connectivity index (χ2n) is 6.86. The maximum absolute atomic E-state index is 12.6. The number of hydrogen-bond acceptors (Lipinski definition) is 5. The molecule has 2 amide bonds. The average Bonchev–Trinajstić information content (AvgIpc) is 3.34. The number of fused-ring (bicyclic) bond motifs is 1. The number of amides is 2. The normalized spacial score (nSPS) is 16.2. The second-order valence-corrected chi connectivity index (χ2v) is 6.86. The molecule has 0 aliphatic carbocycles. The van der Waals surface area contributed by atoms with E-state index in [-0.39, 0.29) is 24.2 Å². The molecule has 0 saturated carbocycles. The van der Waals surface area contributed by atoms with Gasteiger partial charge in [0.15, 0.2) is 11.5 Å². The van der Waals surface area contributed by atoms with E-state index in [0.717, 1.165) is 11.0 Å². The molecule has 0 spiro atoms. The Hall–Kier alpha value is -3.55. The molecule has 0 unspecified atom stereocenters. The molecule has 1 aromatic heterocycles. The van der Waals surface area contributed by atoms with Crippen molar-refractivity contribution in [1.82, 2.24) is 14.9 Å². The first kappa shape index (κ1) is 18.8. The number of carbonyl (C=O) groups is 2. The van der Waals surface area contributed by atoms with Gasteiger partial charge in [-0.1, -0.05) is 12.1 Å². The van der Waals surface area contributed by atoms with E-state index < -0.39 is 0 Å². The van der Waals surface area contributed by atoms with Crippen LogP contribution >= 0.6 is 0 Å². The molecule has 4 rings (SSSR count). The fraction of sp³-hybridized carbons (Fsp3) is 0.286. The Balaban J connectivity index is 1.30. The average molecular weight is 394 g/mol. The number of aromatic amines is 1. The molecule has 1 aliphatic rings.